The topological polar surface area (TPSA) is 111 Å². The van der Waals surface area contributed by atoms with Gasteiger partial charge >= 0.3 is 11.9 Å². The number of rotatable bonds is 8. The number of para-hydroxylation sites is 1. The summed E-state index contributed by atoms with van der Waals surface area (Å²) in [4.78, 5) is 25.8. The van der Waals surface area contributed by atoms with Crippen molar-refractivity contribution in [2.45, 2.75) is 24.7 Å². The number of benzene rings is 1. The molecule has 0 bridgehead atoms. The Hall–Kier alpha value is -2.43. The van der Waals surface area contributed by atoms with Gasteiger partial charge in [0.05, 0.1) is 32.1 Å². The second kappa shape index (κ2) is 9.67. The molecule has 28 heavy (non-hydrogen) atoms. The molecule has 1 heterocycles. The molecule has 1 aliphatic rings. The molecule has 0 unspecified atom stereocenters. The van der Waals surface area contributed by atoms with Gasteiger partial charge in [0.15, 0.2) is 0 Å². The van der Waals surface area contributed by atoms with E-state index in [4.69, 9.17) is 14.2 Å². The number of nitrogens with one attached hydrogen (secondary N) is 1. The van der Waals surface area contributed by atoms with Gasteiger partial charge in [-0.05, 0) is 18.6 Å². The minimum atomic E-state index is -3.85. The quantitative estimate of drug-likeness (QED) is 0.500. The minimum absolute atomic E-state index is 0.0396. The number of esters is 2. The van der Waals surface area contributed by atoms with E-state index in [2.05, 4.69) is 4.72 Å². The molecule has 0 amide bonds. The van der Waals surface area contributed by atoms with E-state index >= 15 is 0 Å². The van der Waals surface area contributed by atoms with Gasteiger partial charge in [-0.15, -0.1) is 0 Å². The van der Waals surface area contributed by atoms with Crippen molar-refractivity contribution in [3.63, 3.8) is 0 Å². The maximum absolute atomic E-state index is 12.8. The Morgan fingerprint density at radius 2 is 1.86 bits per heavy atom. The summed E-state index contributed by atoms with van der Waals surface area (Å²) in [6.07, 6.45) is 1.52. The molecule has 0 radical (unpaired) electrons. The van der Waals surface area contributed by atoms with Crippen LogP contribution in [0.4, 0.5) is 5.69 Å². The Bertz CT molecular complexity index is 864. The van der Waals surface area contributed by atoms with Gasteiger partial charge in [-0.25, -0.2) is 22.7 Å². The molecule has 0 fully saturated rings. The van der Waals surface area contributed by atoms with Crippen LogP contribution in [0.25, 0.3) is 0 Å². The fraction of sp³-hybridized carbons (Fsp3) is 0.444. The molecule has 2 rings (SSSR count). The number of methoxy groups -OCH3 is 2. The number of carbonyl (C=O) groups excluding carboxylic acids is 2. The normalized spacial score (nSPS) is 14.8. The maximum atomic E-state index is 12.8. The minimum Gasteiger partial charge on any atom is -0.466 e. The number of sulfonamides is 1. The number of hydrogen-bond donors (Lipinski definition) is 1. The Kier molecular flexibility index (Phi) is 7.55. The van der Waals surface area contributed by atoms with Gasteiger partial charge in [-0.3, -0.25) is 0 Å². The predicted octanol–water partition coefficient (Wildman–Crippen LogP) is 1.16. The lowest BCUT2D eigenvalue weighted by Gasteiger charge is -2.32. The molecule has 0 spiro atoms. The number of hydrogen-bond acceptors (Lipinski definition) is 8. The van der Waals surface area contributed by atoms with Crippen molar-refractivity contribution in [3.8, 4) is 0 Å². The third-order valence-electron chi connectivity index (χ3n) is 4.10. The van der Waals surface area contributed by atoms with Crippen LogP contribution in [0.2, 0.25) is 0 Å². The largest absolute Gasteiger partial charge is 0.466 e. The summed E-state index contributed by atoms with van der Waals surface area (Å²) in [5.41, 5.74) is 0.0246. The van der Waals surface area contributed by atoms with E-state index in [0.717, 1.165) is 6.42 Å². The molecule has 1 aromatic carbocycles. The molecular formula is C18H24N2O7S. The van der Waals surface area contributed by atoms with Gasteiger partial charge in [0.1, 0.15) is 17.3 Å². The van der Waals surface area contributed by atoms with Crippen LogP contribution in [-0.2, 0) is 33.8 Å². The highest BCUT2D eigenvalue weighted by Crippen LogP contribution is 2.31. The molecule has 0 atom stereocenters. The Morgan fingerprint density at radius 1 is 1.18 bits per heavy atom. The number of nitrogens with zero attached hydrogens (tertiary/aromatic N) is 1. The molecule has 0 aromatic heterocycles. The standard InChI is InChI=1S/C18H24N2O7S/c1-4-5-10-19-28(23,24)15-9-7-6-8-14(15)20-12-27-11-13(17(21)25-2)16(20)18(22)26-3/h6-9,19H,4-5,10-12H2,1-3H3. The lowest BCUT2D eigenvalue weighted by Crippen LogP contribution is -2.40. The van der Waals surface area contributed by atoms with Crippen LogP contribution in [0.15, 0.2) is 40.4 Å². The average molecular weight is 412 g/mol. The van der Waals surface area contributed by atoms with Crippen LogP contribution in [0.3, 0.4) is 0 Å². The van der Waals surface area contributed by atoms with E-state index in [0.29, 0.717) is 6.42 Å². The van der Waals surface area contributed by atoms with E-state index in [1.54, 1.807) is 12.1 Å². The molecular weight excluding hydrogens is 388 g/mol. The van der Waals surface area contributed by atoms with Crippen LogP contribution in [0.5, 0.6) is 0 Å². The zero-order valence-corrected chi connectivity index (χ0v) is 16.9. The maximum Gasteiger partial charge on any atom is 0.355 e. The van der Waals surface area contributed by atoms with Crippen molar-refractivity contribution >= 4 is 27.6 Å². The first-order chi connectivity index (χ1) is 13.4. The molecule has 1 aliphatic heterocycles. The van der Waals surface area contributed by atoms with E-state index in [1.165, 1.54) is 31.3 Å². The van der Waals surface area contributed by atoms with Gasteiger partial charge in [0.25, 0.3) is 0 Å². The van der Waals surface area contributed by atoms with E-state index < -0.39 is 22.0 Å². The van der Waals surface area contributed by atoms with E-state index in [-0.39, 0.29) is 41.7 Å². The Morgan fingerprint density at radius 3 is 2.50 bits per heavy atom. The Balaban J connectivity index is 2.57. The van der Waals surface area contributed by atoms with Gasteiger partial charge in [-0.1, -0.05) is 25.5 Å². The summed E-state index contributed by atoms with van der Waals surface area (Å²) in [6, 6.07) is 6.15. The van der Waals surface area contributed by atoms with Crippen LogP contribution in [-0.4, -0.2) is 54.5 Å². The SMILES string of the molecule is CCCCNS(=O)(=O)c1ccccc1N1COCC(C(=O)OC)=C1C(=O)OC. The zero-order chi connectivity index (χ0) is 20.7. The molecule has 9 nitrogen and oxygen atoms in total. The summed E-state index contributed by atoms with van der Waals surface area (Å²) in [6.45, 7) is 1.95. The van der Waals surface area contributed by atoms with Crippen LogP contribution >= 0.6 is 0 Å². The van der Waals surface area contributed by atoms with Gasteiger partial charge < -0.3 is 19.1 Å². The fourth-order valence-corrected chi connectivity index (χ4v) is 3.98. The summed E-state index contributed by atoms with van der Waals surface area (Å²) in [5.74, 6) is -1.55. The molecule has 1 N–H and O–H groups in total. The number of ether oxygens (including phenoxy) is 3. The second-order valence-electron chi connectivity index (χ2n) is 5.93. The monoisotopic (exact) mass is 412 g/mol. The fourth-order valence-electron chi connectivity index (χ4n) is 2.70. The first-order valence-electron chi connectivity index (χ1n) is 8.71. The van der Waals surface area contributed by atoms with E-state index in [1.807, 2.05) is 6.92 Å². The average Bonchev–Trinajstić information content (AvgIpc) is 2.72. The first-order valence-corrected chi connectivity index (χ1v) is 10.2. The number of anilines is 1. The molecule has 10 heteroatoms. The number of unbranched alkanes of at least 4 members (excludes halogenated alkanes) is 1. The van der Waals surface area contributed by atoms with Crippen molar-refractivity contribution in [1.82, 2.24) is 4.72 Å². The zero-order valence-electron chi connectivity index (χ0n) is 16.1. The van der Waals surface area contributed by atoms with Gasteiger partial charge in [0, 0.05) is 6.54 Å². The van der Waals surface area contributed by atoms with Crippen molar-refractivity contribution in [3.05, 3.63) is 35.5 Å². The summed E-state index contributed by atoms with van der Waals surface area (Å²) in [7, 11) is -1.50. The molecule has 154 valence electrons. The van der Waals surface area contributed by atoms with Crippen LogP contribution in [0, 0.1) is 0 Å². The molecule has 0 saturated heterocycles. The van der Waals surface area contributed by atoms with Crippen molar-refractivity contribution in [2.75, 3.05) is 39.0 Å². The van der Waals surface area contributed by atoms with Crippen LogP contribution in [0.1, 0.15) is 19.8 Å². The van der Waals surface area contributed by atoms with Crippen molar-refractivity contribution in [2.24, 2.45) is 0 Å². The second-order valence-corrected chi connectivity index (χ2v) is 7.67. The van der Waals surface area contributed by atoms with E-state index in [9.17, 15) is 18.0 Å². The van der Waals surface area contributed by atoms with Gasteiger partial charge in [0.2, 0.25) is 10.0 Å². The summed E-state index contributed by atoms with van der Waals surface area (Å²) < 4.78 is 43.0. The van der Waals surface area contributed by atoms with Gasteiger partial charge in [-0.2, -0.15) is 0 Å². The summed E-state index contributed by atoms with van der Waals surface area (Å²) >= 11 is 0. The van der Waals surface area contributed by atoms with Crippen molar-refractivity contribution < 1.29 is 32.2 Å². The third kappa shape index (κ3) is 4.70. The lowest BCUT2D eigenvalue weighted by molar-refractivity contribution is -0.140. The number of carbonyl (C=O) groups is 2. The highest BCUT2D eigenvalue weighted by Gasteiger charge is 2.34. The third-order valence-corrected chi connectivity index (χ3v) is 5.61. The highest BCUT2D eigenvalue weighted by molar-refractivity contribution is 7.89. The summed E-state index contributed by atoms with van der Waals surface area (Å²) in [5, 5.41) is 0. The first kappa shape index (κ1) is 21.9. The Labute approximate surface area is 164 Å². The van der Waals surface area contributed by atoms with Crippen molar-refractivity contribution in [1.29, 1.82) is 0 Å². The van der Waals surface area contributed by atoms with Crippen LogP contribution < -0.4 is 9.62 Å². The molecule has 0 aliphatic carbocycles. The highest BCUT2D eigenvalue weighted by atomic mass is 32.2. The predicted molar refractivity (Wildman–Crippen MR) is 101 cm³/mol. The molecule has 1 aromatic rings. The molecule has 0 saturated carbocycles. The lowest BCUT2D eigenvalue weighted by atomic mass is 10.1. The smallest absolute Gasteiger partial charge is 0.355 e.